The van der Waals surface area contributed by atoms with Gasteiger partial charge in [0.1, 0.15) is 5.60 Å². The average Bonchev–Trinajstić information content (AvgIpc) is 3.23. The van der Waals surface area contributed by atoms with Gasteiger partial charge in [-0.2, -0.15) is 5.10 Å². The number of rotatable bonds is 4. The maximum atomic E-state index is 13.0. The van der Waals surface area contributed by atoms with Crippen molar-refractivity contribution in [3.63, 3.8) is 0 Å². The Balaban J connectivity index is 1.40. The molecule has 1 aromatic rings. The molecule has 2 saturated heterocycles. The Hall–Kier alpha value is -2.05. The zero-order valence-corrected chi connectivity index (χ0v) is 16.4. The molecule has 0 unspecified atom stereocenters. The molecule has 3 aliphatic rings. The van der Waals surface area contributed by atoms with Gasteiger partial charge < -0.3 is 14.5 Å². The number of aryl methyl sites for hydroxylation is 1. The first-order valence-corrected chi connectivity index (χ1v) is 10.4. The summed E-state index contributed by atoms with van der Waals surface area (Å²) >= 11 is 0. The number of hydrogen-bond acceptors (Lipinski definition) is 4. The van der Waals surface area contributed by atoms with E-state index in [2.05, 4.69) is 18.9 Å². The van der Waals surface area contributed by atoms with Crippen molar-refractivity contribution in [3.05, 3.63) is 17.5 Å². The Kier molecular flexibility index (Phi) is 4.86. The van der Waals surface area contributed by atoms with E-state index < -0.39 is 5.60 Å². The number of carbonyl (C=O) groups is 2. The van der Waals surface area contributed by atoms with Crippen molar-refractivity contribution in [1.29, 1.82) is 0 Å². The van der Waals surface area contributed by atoms with E-state index in [1.165, 1.54) is 0 Å². The minimum absolute atomic E-state index is 0.0773. The van der Waals surface area contributed by atoms with Crippen molar-refractivity contribution < 1.29 is 14.3 Å². The summed E-state index contributed by atoms with van der Waals surface area (Å²) < 4.78 is 7.79. The highest BCUT2D eigenvalue weighted by Gasteiger charge is 2.48. The topological polar surface area (TPSA) is 67.7 Å². The third-order valence-corrected chi connectivity index (χ3v) is 6.41. The minimum Gasteiger partial charge on any atom is -0.441 e. The molecule has 148 valence electrons. The van der Waals surface area contributed by atoms with Crippen molar-refractivity contribution >= 4 is 12.0 Å². The standard InChI is InChI=1S/C20H30N4O3/c1-3-6-15(2)23-14-20(27-19(23)26)8-11-22(12-9-20)18(25)16-13-21-24-10-5-4-7-17(16)24/h13,15H,3-12,14H2,1-2H3/t15-/m0/s1. The zero-order chi connectivity index (χ0) is 19.0. The van der Waals surface area contributed by atoms with Crippen LogP contribution in [0.5, 0.6) is 0 Å². The lowest BCUT2D eigenvalue weighted by Crippen LogP contribution is -2.49. The molecule has 1 spiro atoms. The molecule has 2 fully saturated rings. The van der Waals surface area contributed by atoms with Crippen molar-refractivity contribution in [1.82, 2.24) is 19.6 Å². The molecule has 7 heteroatoms. The fraction of sp³-hybridized carbons (Fsp3) is 0.750. The Bertz CT molecular complexity index is 721. The molecular weight excluding hydrogens is 344 g/mol. The number of carbonyl (C=O) groups excluding carboxylic acids is 2. The highest BCUT2D eigenvalue weighted by Crippen LogP contribution is 2.35. The Morgan fingerprint density at radius 3 is 2.81 bits per heavy atom. The van der Waals surface area contributed by atoms with Crippen LogP contribution in [0.2, 0.25) is 0 Å². The first-order chi connectivity index (χ1) is 13.0. The summed E-state index contributed by atoms with van der Waals surface area (Å²) in [6.45, 7) is 7.05. The van der Waals surface area contributed by atoms with Crippen molar-refractivity contribution in [3.8, 4) is 0 Å². The van der Waals surface area contributed by atoms with Crippen LogP contribution in [0.1, 0.15) is 68.4 Å². The molecule has 1 aromatic heterocycles. The second kappa shape index (κ2) is 7.17. The predicted molar refractivity (Wildman–Crippen MR) is 101 cm³/mol. The summed E-state index contributed by atoms with van der Waals surface area (Å²) in [6.07, 6.45) is 8.19. The molecule has 4 heterocycles. The van der Waals surface area contributed by atoms with Gasteiger partial charge in [0.05, 0.1) is 24.0 Å². The van der Waals surface area contributed by atoms with Crippen LogP contribution in [0, 0.1) is 0 Å². The van der Waals surface area contributed by atoms with Gasteiger partial charge in [0.2, 0.25) is 0 Å². The summed E-state index contributed by atoms with van der Waals surface area (Å²) in [6, 6.07) is 0.209. The number of piperidine rings is 1. The van der Waals surface area contributed by atoms with Crippen molar-refractivity contribution in [2.45, 2.75) is 77.0 Å². The summed E-state index contributed by atoms with van der Waals surface area (Å²) in [5, 5.41) is 4.39. The summed E-state index contributed by atoms with van der Waals surface area (Å²) in [5.74, 6) is 0.0773. The van der Waals surface area contributed by atoms with Gasteiger partial charge in [-0.05, 0) is 32.6 Å². The van der Waals surface area contributed by atoms with E-state index in [1.54, 1.807) is 6.20 Å². The first kappa shape index (κ1) is 18.3. The van der Waals surface area contributed by atoms with Crippen LogP contribution in [0.3, 0.4) is 0 Å². The Morgan fingerprint density at radius 1 is 1.30 bits per heavy atom. The molecule has 3 aliphatic heterocycles. The number of hydrogen-bond donors (Lipinski definition) is 0. The Morgan fingerprint density at radius 2 is 2.07 bits per heavy atom. The number of aromatic nitrogens is 2. The van der Waals surface area contributed by atoms with Crippen LogP contribution in [-0.4, -0.2) is 62.9 Å². The second-order valence-corrected chi connectivity index (χ2v) is 8.29. The number of ether oxygens (including phenoxy) is 1. The third kappa shape index (κ3) is 3.32. The molecule has 0 radical (unpaired) electrons. The van der Waals surface area contributed by atoms with Gasteiger partial charge in [0, 0.05) is 38.5 Å². The summed E-state index contributed by atoms with van der Waals surface area (Å²) in [7, 11) is 0. The van der Waals surface area contributed by atoms with Crippen LogP contribution in [0.25, 0.3) is 0 Å². The molecule has 0 bridgehead atoms. The number of nitrogens with zero attached hydrogens (tertiary/aromatic N) is 4. The maximum absolute atomic E-state index is 13.0. The van der Waals surface area contributed by atoms with E-state index in [1.807, 2.05) is 14.5 Å². The zero-order valence-electron chi connectivity index (χ0n) is 16.4. The largest absolute Gasteiger partial charge is 0.441 e. The number of likely N-dealkylation sites (tertiary alicyclic amines) is 1. The SMILES string of the molecule is CCC[C@H](C)N1CC2(CCN(C(=O)c3cnn4c3CCCC4)CC2)OC1=O. The van der Waals surface area contributed by atoms with Gasteiger partial charge in [0.25, 0.3) is 5.91 Å². The van der Waals surface area contributed by atoms with E-state index in [0.29, 0.717) is 32.5 Å². The van der Waals surface area contributed by atoms with Gasteiger partial charge in [0.15, 0.2) is 0 Å². The van der Waals surface area contributed by atoms with E-state index in [0.717, 1.165) is 49.9 Å². The molecule has 27 heavy (non-hydrogen) atoms. The Labute approximate surface area is 160 Å². The average molecular weight is 374 g/mol. The van der Waals surface area contributed by atoms with Crippen molar-refractivity contribution in [2.75, 3.05) is 19.6 Å². The van der Waals surface area contributed by atoms with Crippen LogP contribution in [-0.2, 0) is 17.7 Å². The lowest BCUT2D eigenvalue weighted by Gasteiger charge is -2.37. The maximum Gasteiger partial charge on any atom is 0.410 e. The molecular formula is C20H30N4O3. The highest BCUT2D eigenvalue weighted by molar-refractivity contribution is 5.95. The van der Waals surface area contributed by atoms with Gasteiger partial charge in [-0.1, -0.05) is 13.3 Å². The van der Waals surface area contributed by atoms with Crippen LogP contribution >= 0.6 is 0 Å². The fourth-order valence-corrected chi connectivity index (χ4v) is 4.71. The quantitative estimate of drug-likeness (QED) is 0.813. The van der Waals surface area contributed by atoms with E-state index in [-0.39, 0.29) is 18.0 Å². The molecule has 4 rings (SSSR count). The first-order valence-electron chi connectivity index (χ1n) is 10.4. The van der Waals surface area contributed by atoms with Gasteiger partial charge in [-0.25, -0.2) is 4.79 Å². The van der Waals surface area contributed by atoms with Gasteiger partial charge in [-0.3, -0.25) is 9.48 Å². The highest BCUT2D eigenvalue weighted by atomic mass is 16.6. The van der Waals surface area contributed by atoms with Crippen LogP contribution < -0.4 is 0 Å². The predicted octanol–water partition coefficient (Wildman–Crippen LogP) is 2.84. The lowest BCUT2D eigenvalue weighted by molar-refractivity contribution is 0.00303. The smallest absolute Gasteiger partial charge is 0.410 e. The molecule has 7 nitrogen and oxygen atoms in total. The second-order valence-electron chi connectivity index (χ2n) is 8.29. The molecule has 0 aromatic carbocycles. The van der Waals surface area contributed by atoms with Crippen molar-refractivity contribution in [2.24, 2.45) is 0 Å². The molecule has 1 atom stereocenters. The van der Waals surface area contributed by atoms with E-state index in [9.17, 15) is 9.59 Å². The third-order valence-electron chi connectivity index (χ3n) is 6.41. The molecule has 0 aliphatic carbocycles. The summed E-state index contributed by atoms with van der Waals surface area (Å²) in [4.78, 5) is 29.1. The van der Waals surface area contributed by atoms with Crippen LogP contribution in [0.15, 0.2) is 6.20 Å². The molecule has 0 saturated carbocycles. The van der Waals surface area contributed by atoms with E-state index >= 15 is 0 Å². The monoisotopic (exact) mass is 374 g/mol. The molecule has 0 N–H and O–H groups in total. The number of amides is 2. The number of fused-ring (bicyclic) bond motifs is 1. The normalized spacial score (nSPS) is 22.7. The molecule has 2 amide bonds. The lowest BCUT2D eigenvalue weighted by atomic mass is 9.90. The van der Waals surface area contributed by atoms with Gasteiger partial charge >= 0.3 is 6.09 Å². The van der Waals surface area contributed by atoms with Crippen LogP contribution in [0.4, 0.5) is 4.79 Å². The fourth-order valence-electron chi connectivity index (χ4n) is 4.71. The van der Waals surface area contributed by atoms with E-state index in [4.69, 9.17) is 4.74 Å². The summed E-state index contributed by atoms with van der Waals surface area (Å²) in [5.41, 5.74) is 1.42. The minimum atomic E-state index is -0.422. The van der Waals surface area contributed by atoms with Gasteiger partial charge in [-0.15, -0.1) is 0 Å².